The first-order chi connectivity index (χ1) is 12.1. The minimum atomic E-state index is -0.220. The lowest BCUT2D eigenvalue weighted by Gasteiger charge is -2.19. The first-order valence-corrected chi connectivity index (χ1v) is 8.68. The van der Waals surface area contributed by atoms with Gasteiger partial charge in [0, 0.05) is 30.2 Å². The maximum Gasteiger partial charge on any atom is 0.319 e. The van der Waals surface area contributed by atoms with Crippen LogP contribution in [0.5, 0.6) is 0 Å². The molecule has 1 saturated carbocycles. The molecule has 4 rings (SSSR count). The van der Waals surface area contributed by atoms with Gasteiger partial charge in [0.15, 0.2) is 0 Å². The second-order valence-corrected chi connectivity index (χ2v) is 6.73. The van der Waals surface area contributed by atoms with E-state index in [-0.39, 0.29) is 24.1 Å². The molecule has 2 heterocycles. The Balaban J connectivity index is 1.42. The van der Waals surface area contributed by atoms with Crippen LogP contribution in [0.4, 0.5) is 10.5 Å². The molecule has 4 N–H and O–H groups in total. The Kier molecular flexibility index (Phi) is 4.09. The smallest absolute Gasteiger partial charge is 0.319 e. The van der Waals surface area contributed by atoms with Crippen LogP contribution in [-0.2, 0) is 4.74 Å². The summed E-state index contributed by atoms with van der Waals surface area (Å²) in [5, 5.41) is 9.36. The Bertz CT molecular complexity index is 812. The highest BCUT2D eigenvalue weighted by molar-refractivity contribution is 5.99. The average Bonchev–Trinajstić information content (AvgIpc) is 3.19. The lowest BCUT2D eigenvalue weighted by molar-refractivity contribution is 0.0829. The SMILES string of the molecule is CNC(=O)c1cc2cc(NC(=O)N[C@@H]3CCO[C@@H]3C3CC3)ccc2[nH]1. The molecule has 1 saturated heterocycles. The van der Waals surface area contributed by atoms with E-state index >= 15 is 0 Å². The Hall–Kier alpha value is -2.54. The molecule has 0 unspecified atom stereocenters. The Morgan fingerprint density at radius 2 is 2.04 bits per heavy atom. The van der Waals surface area contributed by atoms with Crippen LogP contribution in [0.2, 0.25) is 0 Å². The van der Waals surface area contributed by atoms with Crippen LogP contribution in [0, 0.1) is 5.92 Å². The number of aromatic nitrogens is 1. The minimum absolute atomic E-state index is 0.0864. The van der Waals surface area contributed by atoms with E-state index in [4.69, 9.17) is 4.74 Å². The lowest BCUT2D eigenvalue weighted by atomic mass is 10.1. The molecule has 132 valence electrons. The quantitative estimate of drug-likeness (QED) is 0.686. The third-order valence-electron chi connectivity index (χ3n) is 4.89. The third kappa shape index (κ3) is 3.32. The number of rotatable bonds is 4. The van der Waals surface area contributed by atoms with Crippen molar-refractivity contribution in [1.82, 2.24) is 15.6 Å². The maximum absolute atomic E-state index is 12.3. The number of urea groups is 1. The number of aromatic amines is 1. The number of carbonyl (C=O) groups is 2. The number of ether oxygens (including phenoxy) is 1. The van der Waals surface area contributed by atoms with Crippen molar-refractivity contribution in [3.8, 4) is 0 Å². The molecular formula is C18H22N4O3. The van der Waals surface area contributed by atoms with Gasteiger partial charge in [0.2, 0.25) is 0 Å². The van der Waals surface area contributed by atoms with Crippen molar-refractivity contribution in [1.29, 1.82) is 0 Å². The first-order valence-electron chi connectivity index (χ1n) is 8.68. The predicted octanol–water partition coefficient (Wildman–Crippen LogP) is 2.22. The number of amides is 3. The normalized spacial score (nSPS) is 22.8. The van der Waals surface area contributed by atoms with Crippen LogP contribution in [0.3, 0.4) is 0 Å². The molecule has 2 fully saturated rings. The monoisotopic (exact) mass is 342 g/mol. The summed E-state index contributed by atoms with van der Waals surface area (Å²) in [6, 6.07) is 7.15. The number of benzene rings is 1. The molecule has 2 atom stereocenters. The van der Waals surface area contributed by atoms with Crippen molar-refractivity contribution in [2.24, 2.45) is 5.92 Å². The summed E-state index contributed by atoms with van der Waals surface area (Å²) in [5.74, 6) is 0.433. The standard InChI is InChI=1S/C18H22N4O3/c1-19-17(23)15-9-11-8-12(4-5-13(11)21-15)20-18(24)22-14-6-7-25-16(14)10-2-3-10/h4-5,8-10,14,16,21H,2-3,6-7H2,1H3,(H,19,23)(H2,20,22,24)/t14-,16-/m1/s1. The molecule has 1 aromatic heterocycles. The third-order valence-corrected chi connectivity index (χ3v) is 4.89. The van der Waals surface area contributed by atoms with E-state index in [1.54, 1.807) is 13.1 Å². The van der Waals surface area contributed by atoms with Crippen LogP contribution in [-0.4, -0.2) is 42.7 Å². The summed E-state index contributed by atoms with van der Waals surface area (Å²) in [7, 11) is 1.59. The van der Waals surface area contributed by atoms with Crippen LogP contribution < -0.4 is 16.0 Å². The molecule has 3 amide bonds. The van der Waals surface area contributed by atoms with Crippen molar-refractivity contribution >= 4 is 28.5 Å². The summed E-state index contributed by atoms with van der Waals surface area (Å²) in [5.41, 5.74) is 2.03. The minimum Gasteiger partial charge on any atom is -0.376 e. The van der Waals surface area contributed by atoms with Crippen LogP contribution in [0.15, 0.2) is 24.3 Å². The Labute approximate surface area is 145 Å². The average molecular weight is 342 g/mol. The summed E-state index contributed by atoms with van der Waals surface area (Å²) in [6.45, 7) is 0.712. The molecule has 0 spiro atoms. The van der Waals surface area contributed by atoms with E-state index in [1.807, 2.05) is 18.2 Å². The lowest BCUT2D eigenvalue weighted by Crippen LogP contribution is -2.43. The van der Waals surface area contributed by atoms with Crippen LogP contribution in [0.25, 0.3) is 10.9 Å². The van der Waals surface area contributed by atoms with E-state index in [9.17, 15) is 9.59 Å². The number of carbonyl (C=O) groups excluding carboxylic acids is 2. The Morgan fingerprint density at radius 1 is 1.20 bits per heavy atom. The fourth-order valence-electron chi connectivity index (χ4n) is 3.46. The van der Waals surface area contributed by atoms with Crippen LogP contribution >= 0.6 is 0 Å². The zero-order valence-corrected chi connectivity index (χ0v) is 14.1. The number of nitrogens with one attached hydrogen (secondary N) is 4. The molecule has 2 aliphatic rings. The molecule has 1 aliphatic carbocycles. The van der Waals surface area contributed by atoms with Gasteiger partial charge in [-0.2, -0.15) is 0 Å². The highest BCUT2D eigenvalue weighted by atomic mass is 16.5. The van der Waals surface area contributed by atoms with Gasteiger partial charge in [0.1, 0.15) is 5.69 Å². The number of hydrogen-bond donors (Lipinski definition) is 4. The molecule has 1 aromatic carbocycles. The van der Waals surface area contributed by atoms with Gasteiger partial charge in [-0.05, 0) is 49.4 Å². The Morgan fingerprint density at radius 3 is 2.80 bits per heavy atom. The zero-order chi connectivity index (χ0) is 17.4. The van der Waals surface area contributed by atoms with Crippen molar-refractivity contribution in [2.75, 3.05) is 19.0 Å². The van der Waals surface area contributed by atoms with Crippen molar-refractivity contribution < 1.29 is 14.3 Å². The van der Waals surface area contributed by atoms with Gasteiger partial charge in [0.25, 0.3) is 5.91 Å². The molecule has 1 aliphatic heterocycles. The van der Waals surface area contributed by atoms with Gasteiger partial charge in [-0.3, -0.25) is 4.79 Å². The summed E-state index contributed by atoms with van der Waals surface area (Å²) >= 11 is 0. The van der Waals surface area contributed by atoms with Gasteiger partial charge in [-0.1, -0.05) is 0 Å². The van der Waals surface area contributed by atoms with Gasteiger partial charge in [-0.25, -0.2) is 4.79 Å². The molecule has 0 radical (unpaired) electrons. The van der Waals surface area contributed by atoms with Gasteiger partial charge >= 0.3 is 6.03 Å². The number of hydrogen-bond acceptors (Lipinski definition) is 3. The van der Waals surface area contributed by atoms with Crippen molar-refractivity contribution in [3.63, 3.8) is 0 Å². The van der Waals surface area contributed by atoms with E-state index in [1.165, 1.54) is 12.8 Å². The van der Waals surface area contributed by atoms with E-state index in [0.29, 0.717) is 23.9 Å². The van der Waals surface area contributed by atoms with E-state index in [0.717, 1.165) is 17.3 Å². The van der Waals surface area contributed by atoms with E-state index in [2.05, 4.69) is 20.9 Å². The second-order valence-electron chi connectivity index (χ2n) is 6.73. The number of anilines is 1. The van der Waals surface area contributed by atoms with Crippen molar-refractivity contribution in [3.05, 3.63) is 30.0 Å². The van der Waals surface area contributed by atoms with E-state index < -0.39 is 0 Å². The largest absolute Gasteiger partial charge is 0.376 e. The maximum atomic E-state index is 12.3. The number of fused-ring (bicyclic) bond motifs is 1. The second kappa shape index (κ2) is 6.40. The van der Waals surface area contributed by atoms with Crippen molar-refractivity contribution in [2.45, 2.75) is 31.4 Å². The van der Waals surface area contributed by atoms with Gasteiger partial charge in [0.05, 0.1) is 12.1 Å². The molecule has 0 bridgehead atoms. The summed E-state index contributed by atoms with van der Waals surface area (Å²) < 4.78 is 5.75. The topological polar surface area (TPSA) is 95.2 Å². The highest BCUT2D eigenvalue weighted by Gasteiger charge is 2.41. The molecule has 7 heteroatoms. The molecular weight excluding hydrogens is 320 g/mol. The van der Waals surface area contributed by atoms with Gasteiger partial charge in [-0.15, -0.1) is 0 Å². The summed E-state index contributed by atoms with van der Waals surface area (Å²) in [6.07, 6.45) is 3.42. The zero-order valence-electron chi connectivity index (χ0n) is 14.1. The molecule has 2 aromatic rings. The molecule has 25 heavy (non-hydrogen) atoms. The number of H-pyrrole nitrogens is 1. The van der Waals surface area contributed by atoms with Gasteiger partial charge < -0.3 is 25.7 Å². The fraction of sp³-hybridized carbons (Fsp3) is 0.444. The molecule has 7 nitrogen and oxygen atoms in total. The van der Waals surface area contributed by atoms with Crippen LogP contribution in [0.1, 0.15) is 29.8 Å². The first kappa shape index (κ1) is 16.0. The fourth-order valence-corrected chi connectivity index (χ4v) is 3.46. The predicted molar refractivity (Wildman–Crippen MR) is 94.7 cm³/mol. The summed E-state index contributed by atoms with van der Waals surface area (Å²) in [4.78, 5) is 27.1. The highest BCUT2D eigenvalue weighted by Crippen LogP contribution is 2.38.